The minimum absolute atomic E-state index is 0.0496. The SMILES string of the molecule is COc1ccc(CC(=O)N2CCc3cc(OC)c(OC)cc3[C@H]2COc2ccc3c(C)cc(=O)oc3c2)cc1OC. The normalized spacial score (nSPS) is 14.4. The van der Waals surface area contributed by atoms with Gasteiger partial charge in [0.1, 0.15) is 17.9 Å². The van der Waals surface area contributed by atoms with E-state index in [1.807, 2.05) is 48.2 Å². The van der Waals surface area contributed by atoms with E-state index in [2.05, 4.69) is 0 Å². The van der Waals surface area contributed by atoms with E-state index >= 15 is 0 Å². The molecule has 41 heavy (non-hydrogen) atoms. The first-order chi connectivity index (χ1) is 19.8. The molecule has 1 atom stereocenters. The fraction of sp³-hybridized carbons (Fsp3) is 0.312. The summed E-state index contributed by atoms with van der Waals surface area (Å²) < 4.78 is 33.5. The summed E-state index contributed by atoms with van der Waals surface area (Å²) >= 11 is 0. The van der Waals surface area contributed by atoms with Crippen molar-refractivity contribution in [2.24, 2.45) is 0 Å². The zero-order valence-electron chi connectivity index (χ0n) is 23.8. The van der Waals surface area contributed by atoms with Gasteiger partial charge >= 0.3 is 5.63 Å². The number of benzene rings is 3. The molecule has 1 amide bonds. The summed E-state index contributed by atoms with van der Waals surface area (Å²) in [5, 5.41) is 0.837. The van der Waals surface area contributed by atoms with Gasteiger partial charge in [-0.1, -0.05) is 6.07 Å². The topological polar surface area (TPSA) is 96.7 Å². The molecule has 3 aromatic carbocycles. The molecule has 5 rings (SSSR count). The molecule has 0 saturated heterocycles. The largest absolute Gasteiger partial charge is 0.493 e. The van der Waals surface area contributed by atoms with Gasteiger partial charge in [-0.3, -0.25) is 4.79 Å². The third kappa shape index (κ3) is 5.66. The standard InChI is InChI=1S/C32H33NO8/c1-19-12-32(35)41-27-16-22(7-8-23(19)27)40-18-25-24-17-30(39-5)29(38-4)15-21(24)10-11-33(25)31(34)14-20-6-9-26(36-2)28(13-20)37-3/h6-9,12-13,15-17,25H,10-11,14,18H2,1-5H3/t25-/m1/s1. The first kappa shape index (κ1) is 27.9. The maximum absolute atomic E-state index is 13.8. The molecule has 0 aliphatic carbocycles. The number of carbonyl (C=O) groups is 1. The molecule has 0 fully saturated rings. The Morgan fingerprint density at radius 3 is 2.32 bits per heavy atom. The average Bonchev–Trinajstić information content (AvgIpc) is 2.98. The second kappa shape index (κ2) is 11.8. The van der Waals surface area contributed by atoms with E-state index in [9.17, 15) is 9.59 Å². The number of hydrogen-bond acceptors (Lipinski definition) is 8. The summed E-state index contributed by atoms with van der Waals surface area (Å²) in [7, 11) is 6.33. The van der Waals surface area contributed by atoms with Crippen molar-refractivity contribution in [3.05, 3.63) is 87.3 Å². The lowest BCUT2D eigenvalue weighted by Crippen LogP contribution is -2.43. The lowest BCUT2D eigenvalue weighted by atomic mass is 9.91. The molecule has 0 bridgehead atoms. The van der Waals surface area contributed by atoms with E-state index in [0.717, 1.165) is 27.6 Å². The molecule has 0 N–H and O–H groups in total. The fourth-order valence-electron chi connectivity index (χ4n) is 5.34. The number of aryl methyl sites for hydroxylation is 1. The van der Waals surface area contributed by atoms with Crippen LogP contribution in [0.1, 0.15) is 28.3 Å². The van der Waals surface area contributed by atoms with Crippen LogP contribution < -0.4 is 29.3 Å². The van der Waals surface area contributed by atoms with Crippen LogP contribution in [0.3, 0.4) is 0 Å². The van der Waals surface area contributed by atoms with Gasteiger partial charge in [-0.25, -0.2) is 4.79 Å². The quantitative estimate of drug-likeness (QED) is 0.268. The Kier molecular flexibility index (Phi) is 8.05. The Hall–Kier alpha value is -4.66. The van der Waals surface area contributed by atoms with Gasteiger partial charge in [0.15, 0.2) is 23.0 Å². The van der Waals surface area contributed by atoms with Gasteiger partial charge < -0.3 is 33.0 Å². The number of ether oxygens (including phenoxy) is 5. The zero-order chi connectivity index (χ0) is 29.1. The summed E-state index contributed by atoms with van der Waals surface area (Å²) in [5.41, 5.74) is 3.66. The maximum Gasteiger partial charge on any atom is 0.336 e. The molecule has 4 aromatic rings. The van der Waals surface area contributed by atoms with E-state index in [1.165, 1.54) is 6.07 Å². The van der Waals surface area contributed by atoms with Gasteiger partial charge in [-0.15, -0.1) is 0 Å². The summed E-state index contributed by atoms with van der Waals surface area (Å²) in [4.78, 5) is 27.5. The van der Waals surface area contributed by atoms with E-state index in [0.29, 0.717) is 47.3 Å². The summed E-state index contributed by atoms with van der Waals surface area (Å²) in [6, 6.07) is 15.8. The maximum atomic E-state index is 13.8. The van der Waals surface area contributed by atoms with Gasteiger partial charge in [0.05, 0.1) is 40.9 Å². The van der Waals surface area contributed by atoms with Crippen LogP contribution in [0.25, 0.3) is 11.0 Å². The second-order valence-corrected chi connectivity index (χ2v) is 9.84. The molecule has 0 unspecified atom stereocenters. The smallest absolute Gasteiger partial charge is 0.336 e. The lowest BCUT2D eigenvalue weighted by Gasteiger charge is -2.37. The minimum Gasteiger partial charge on any atom is -0.493 e. The first-order valence-corrected chi connectivity index (χ1v) is 13.3. The summed E-state index contributed by atoms with van der Waals surface area (Å²) in [6.07, 6.45) is 0.837. The predicted molar refractivity (Wildman–Crippen MR) is 154 cm³/mol. The third-order valence-electron chi connectivity index (χ3n) is 7.46. The van der Waals surface area contributed by atoms with E-state index in [1.54, 1.807) is 40.6 Å². The Balaban J connectivity index is 1.46. The number of methoxy groups -OCH3 is 4. The van der Waals surface area contributed by atoms with Gasteiger partial charge in [0, 0.05) is 24.1 Å². The van der Waals surface area contributed by atoms with Crippen molar-refractivity contribution < 1.29 is 32.9 Å². The average molecular weight is 560 g/mol. The van der Waals surface area contributed by atoms with Crippen molar-refractivity contribution in [2.45, 2.75) is 25.8 Å². The van der Waals surface area contributed by atoms with Crippen molar-refractivity contribution >= 4 is 16.9 Å². The van der Waals surface area contributed by atoms with Gasteiger partial charge in [0.25, 0.3) is 0 Å². The van der Waals surface area contributed by atoms with E-state index in [-0.39, 0.29) is 18.9 Å². The highest BCUT2D eigenvalue weighted by atomic mass is 16.5. The van der Waals surface area contributed by atoms with Crippen LogP contribution in [0.15, 0.2) is 63.8 Å². The van der Waals surface area contributed by atoms with Crippen molar-refractivity contribution in [2.75, 3.05) is 41.6 Å². The van der Waals surface area contributed by atoms with Gasteiger partial charge in [-0.2, -0.15) is 0 Å². The number of hydrogen-bond donors (Lipinski definition) is 0. The monoisotopic (exact) mass is 559 g/mol. The Labute approximate surface area is 238 Å². The molecule has 0 spiro atoms. The van der Waals surface area contributed by atoms with Crippen LogP contribution in [0, 0.1) is 6.92 Å². The predicted octanol–water partition coefficient (Wildman–Crippen LogP) is 4.88. The molecule has 2 heterocycles. The molecule has 0 radical (unpaired) electrons. The van der Waals surface area contributed by atoms with Crippen LogP contribution >= 0.6 is 0 Å². The van der Waals surface area contributed by atoms with Gasteiger partial charge in [-0.05, 0) is 72.0 Å². The molecule has 0 saturated carbocycles. The molecule has 9 nitrogen and oxygen atoms in total. The number of carbonyl (C=O) groups excluding carboxylic acids is 1. The van der Waals surface area contributed by atoms with Crippen molar-refractivity contribution in [3.8, 4) is 28.7 Å². The number of nitrogens with zero attached hydrogens (tertiary/aromatic N) is 1. The lowest BCUT2D eigenvalue weighted by molar-refractivity contribution is -0.134. The highest BCUT2D eigenvalue weighted by Gasteiger charge is 2.33. The van der Waals surface area contributed by atoms with Crippen LogP contribution in [0.4, 0.5) is 0 Å². The van der Waals surface area contributed by atoms with E-state index < -0.39 is 11.7 Å². The highest BCUT2D eigenvalue weighted by molar-refractivity contribution is 5.81. The first-order valence-electron chi connectivity index (χ1n) is 13.3. The number of rotatable bonds is 9. The number of fused-ring (bicyclic) bond motifs is 2. The van der Waals surface area contributed by atoms with Crippen LogP contribution in [-0.2, 0) is 17.6 Å². The van der Waals surface area contributed by atoms with Crippen molar-refractivity contribution in [3.63, 3.8) is 0 Å². The molecule has 214 valence electrons. The molecule has 9 heteroatoms. The zero-order valence-corrected chi connectivity index (χ0v) is 23.8. The summed E-state index contributed by atoms with van der Waals surface area (Å²) in [6.45, 7) is 2.55. The highest BCUT2D eigenvalue weighted by Crippen LogP contribution is 2.39. The fourth-order valence-corrected chi connectivity index (χ4v) is 5.34. The third-order valence-corrected chi connectivity index (χ3v) is 7.46. The van der Waals surface area contributed by atoms with E-state index in [4.69, 9.17) is 28.1 Å². The molecule has 1 aliphatic heterocycles. The second-order valence-electron chi connectivity index (χ2n) is 9.84. The Morgan fingerprint density at radius 1 is 0.878 bits per heavy atom. The van der Waals surface area contributed by atoms with Crippen molar-refractivity contribution in [1.29, 1.82) is 0 Å². The Bertz CT molecular complexity index is 1640. The Morgan fingerprint density at radius 2 is 1.59 bits per heavy atom. The minimum atomic E-state index is -0.415. The van der Waals surface area contributed by atoms with Crippen LogP contribution in [-0.4, -0.2) is 52.4 Å². The molecular formula is C32H33NO8. The molecule has 1 aromatic heterocycles. The molecular weight excluding hydrogens is 526 g/mol. The molecule has 1 aliphatic rings. The van der Waals surface area contributed by atoms with Crippen LogP contribution in [0.2, 0.25) is 0 Å². The summed E-state index contributed by atoms with van der Waals surface area (Å²) in [5.74, 6) is 2.86. The van der Waals surface area contributed by atoms with Crippen LogP contribution in [0.5, 0.6) is 28.7 Å². The number of amides is 1. The van der Waals surface area contributed by atoms with Crippen molar-refractivity contribution in [1.82, 2.24) is 4.90 Å². The van der Waals surface area contributed by atoms with Gasteiger partial charge in [0.2, 0.25) is 5.91 Å².